The van der Waals surface area contributed by atoms with Crippen LogP contribution in [0.1, 0.15) is 50.8 Å². The number of likely N-dealkylation sites (tertiary alicyclic amines) is 1. The van der Waals surface area contributed by atoms with E-state index < -0.39 is 0 Å². The van der Waals surface area contributed by atoms with Gasteiger partial charge in [0.2, 0.25) is 5.91 Å². The van der Waals surface area contributed by atoms with Gasteiger partial charge in [-0.15, -0.1) is 5.10 Å². The summed E-state index contributed by atoms with van der Waals surface area (Å²) < 4.78 is 1.64. The molecule has 25 heavy (non-hydrogen) atoms. The summed E-state index contributed by atoms with van der Waals surface area (Å²) in [5.74, 6) is 4.10. The molecule has 6 nitrogen and oxygen atoms in total. The van der Waals surface area contributed by atoms with Crippen LogP contribution >= 0.6 is 0 Å². The monoisotopic (exact) mass is 339 g/mol. The Hall–Kier alpha value is -1.98. The van der Waals surface area contributed by atoms with Gasteiger partial charge in [0.15, 0.2) is 5.82 Å². The highest BCUT2D eigenvalue weighted by molar-refractivity contribution is 5.78. The Bertz CT molecular complexity index is 754. The average Bonchev–Trinajstić information content (AvgIpc) is 3.38. The van der Waals surface area contributed by atoms with Gasteiger partial charge in [-0.3, -0.25) is 4.79 Å². The number of carbonyl (C=O) groups is 1. The molecule has 4 atom stereocenters. The largest absolute Gasteiger partial charge is 0.339 e. The van der Waals surface area contributed by atoms with Gasteiger partial charge in [-0.05, 0) is 62.3 Å². The number of fused-ring (bicyclic) bond motifs is 3. The molecule has 0 radical (unpaired) electrons. The Kier molecular flexibility index (Phi) is 3.71. The second kappa shape index (κ2) is 6.07. The van der Waals surface area contributed by atoms with Gasteiger partial charge < -0.3 is 4.90 Å². The molecule has 0 unspecified atom stereocenters. The number of carbonyl (C=O) groups excluding carboxylic acids is 1. The highest BCUT2D eigenvalue weighted by atomic mass is 16.2. The van der Waals surface area contributed by atoms with Gasteiger partial charge in [0.25, 0.3) is 5.78 Å². The van der Waals surface area contributed by atoms with E-state index in [9.17, 15) is 4.79 Å². The molecular formula is C19H25N5O. The number of amides is 1. The molecule has 1 amide bonds. The molecule has 2 bridgehead atoms. The van der Waals surface area contributed by atoms with Crippen LogP contribution in [0.2, 0.25) is 0 Å². The maximum absolute atomic E-state index is 12.9. The smallest absolute Gasteiger partial charge is 0.252 e. The minimum Gasteiger partial charge on any atom is -0.339 e. The van der Waals surface area contributed by atoms with Gasteiger partial charge in [-0.1, -0.05) is 6.42 Å². The summed E-state index contributed by atoms with van der Waals surface area (Å²) in [4.78, 5) is 23.5. The first kappa shape index (κ1) is 15.3. The van der Waals surface area contributed by atoms with E-state index >= 15 is 0 Å². The summed E-state index contributed by atoms with van der Waals surface area (Å²) in [5.41, 5.74) is 0. The molecule has 0 N–H and O–H groups in total. The Balaban J connectivity index is 1.25. The summed E-state index contributed by atoms with van der Waals surface area (Å²) in [6.07, 6.45) is 13.0. The van der Waals surface area contributed by atoms with Crippen LogP contribution in [0.4, 0.5) is 0 Å². The van der Waals surface area contributed by atoms with E-state index in [1.807, 2.05) is 12.3 Å². The minimum absolute atomic E-state index is 0.182. The zero-order valence-corrected chi connectivity index (χ0v) is 14.5. The first-order valence-corrected chi connectivity index (χ1v) is 9.72. The van der Waals surface area contributed by atoms with Crippen molar-refractivity contribution in [1.29, 1.82) is 0 Å². The summed E-state index contributed by atoms with van der Waals surface area (Å²) in [7, 11) is 0. The normalized spacial score (nSPS) is 31.3. The second-order valence-electron chi connectivity index (χ2n) is 8.12. The van der Waals surface area contributed by atoms with Crippen molar-refractivity contribution in [1.82, 2.24) is 24.5 Å². The number of nitrogens with zero attached hydrogens (tertiary/aromatic N) is 5. The summed E-state index contributed by atoms with van der Waals surface area (Å²) >= 11 is 0. The summed E-state index contributed by atoms with van der Waals surface area (Å²) in [6, 6.07) is 2.26. The van der Waals surface area contributed by atoms with E-state index in [1.165, 1.54) is 38.5 Å². The maximum atomic E-state index is 12.9. The molecule has 2 aliphatic carbocycles. The van der Waals surface area contributed by atoms with E-state index in [4.69, 9.17) is 0 Å². The first-order chi connectivity index (χ1) is 12.3. The molecule has 0 aromatic carbocycles. The van der Waals surface area contributed by atoms with E-state index in [1.54, 1.807) is 10.7 Å². The maximum Gasteiger partial charge on any atom is 0.252 e. The molecule has 132 valence electrons. The molecule has 1 saturated heterocycles. The van der Waals surface area contributed by atoms with Crippen molar-refractivity contribution >= 4 is 11.7 Å². The third kappa shape index (κ3) is 2.81. The van der Waals surface area contributed by atoms with Gasteiger partial charge in [0.1, 0.15) is 0 Å². The molecule has 2 aromatic rings. The summed E-state index contributed by atoms with van der Waals surface area (Å²) in [5, 5.41) is 4.38. The van der Waals surface area contributed by atoms with Gasteiger partial charge in [0, 0.05) is 25.0 Å². The van der Waals surface area contributed by atoms with Crippen molar-refractivity contribution in [3.05, 3.63) is 24.3 Å². The molecule has 3 aliphatic rings. The van der Waals surface area contributed by atoms with Crippen molar-refractivity contribution in [2.45, 2.75) is 57.4 Å². The number of rotatable bonds is 4. The number of aromatic nitrogens is 4. The molecule has 6 heteroatoms. The van der Waals surface area contributed by atoms with Crippen LogP contribution in [0, 0.1) is 17.8 Å². The lowest BCUT2D eigenvalue weighted by atomic mass is 9.83. The van der Waals surface area contributed by atoms with Crippen LogP contribution < -0.4 is 0 Å². The van der Waals surface area contributed by atoms with Gasteiger partial charge in [-0.25, -0.2) is 9.50 Å². The Morgan fingerprint density at radius 1 is 1.24 bits per heavy atom. The predicted molar refractivity (Wildman–Crippen MR) is 92.8 cm³/mol. The fourth-order valence-electron chi connectivity index (χ4n) is 5.51. The molecule has 2 saturated carbocycles. The summed E-state index contributed by atoms with van der Waals surface area (Å²) in [6.45, 7) is 0.899. The van der Waals surface area contributed by atoms with Crippen LogP contribution in [0.3, 0.4) is 0 Å². The van der Waals surface area contributed by atoms with Gasteiger partial charge in [-0.2, -0.15) is 4.98 Å². The zero-order valence-electron chi connectivity index (χ0n) is 14.5. The fourth-order valence-corrected chi connectivity index (χ4v) is 5.51. The standard InChI is InChI=1S/C19H25N5O/c25-18(12-17-21-19-20-6-2-8-24(19)22-17)23-7-1-3-16(23)11-15-10-13-4-5-14(15)9-13/h2,6,8,13-16H,1,3-5,7,9-12H2/t13-,14-,15-,16+/m0/s1. The third-order valence-corrected chi connectivity index (χ3v) is 6.63. The minimum atomic E-state index is 0.182. The van der Waals surface area contributed by atoms with Crippen LogP contribution in [-0.2, 0) is 11.2 Å². The van der Waals surface area contributed by atoms with E-state index in [2.05, 4.69) is 20.0 Å². The highest BCUT2D eigenvalue weighted by Crippen LogP contribution is 2.50. The molecule has 2 aromatic heterocycles. The first-order valence-electron chi connectivity index (χ1n) is 9.72. The fraction of sp³-hybridized carbons (Fsp3) is 0.684. The highest BCUT2D eigenvalue weighted by Gasteiger charge is 2.42. The van der Waals surface area contributed by atoms with E-state index in [-0.39, 0.29) is 12.3 Å². The lowest BCUT2D eigenvalue weighted by molar-refractivity contribution is -0.131. The van der Waals surface area contributed by atoms with Crippen molar-refractivity contribution in [2.24, 2.45) is 17.8 Å². The van der Waals surface area contributed by atoms with Crippen molar-refractivity contribution in [2.75, 3.05) is 6.54 Å². The van der Waals surface area contributed by atoms with Crippen molar-refractivity contribution in [3.8, 4) is 0 Å². The van der Waals surface area contributed by atoms with Crippen LogP contribution in [0.15, 0.2) is 18.5 Å². The lowest BCUT2D eigenvalue weighted by Gasteiger charge is -2.30. The Morgan fingerprint density at radius 3 is 3.00 bits per heavy atom. The molecule has 3 heterocycles. The van der Waals surface area contributed by atoms with Crippen LogP contribution in [-0.4, -0.2) is 43.0 Å². The average molecular weight is 339 g/mol. The zero-order chi connectivity index (χ0) is 16.8. The van der Waals surface area contributed by atoms with E-state index in [0.717, 1.165) is 30.7 Å². The lowest BCUT2D eigenvalue weighted by Crippen LogP contribution is -2.38. The SMILES string of the molecule is O=C(Cc1nc2ncccn2n1)N1CCC[C@@H]1C[C@@H]1C[C@H]2CC[C@H]1C2. The van der Waals surface area contributed by atoms with Crippen molar-refractivity contribution in [3.63, 3.8) is 0 Å². The van der Waals surface area contributed by atoms with Crippen LogP contribution in [0.25, 0.3) is 5.78 Å². The van der Waals surface area contributed by atoms with Gasteiger partial charge in [0.05, 0.1) is 6.42 Å². The Labute approximate surface area is 147 Å². The third-order valence-electron chi connectivity index (χ3n) is 6.63. The quantitative estimate of drug-likeness (QED) is 0.858. The molecule has 0 spiro atoms. The van der Waals surface area contributed by atoms with Gasteiger partial charge >= 0.3 is 0 Å². The Morgan fingerprint density at radius 2 is 2.20 bits per heavy atom. The topological polar surface area (TPSA) is 63.4 Å². The van der Waals surface area contributed by atoms with Crippen molar-refractivity contribution < 1.29 is 4.79 Å². The van der Waals surface area contributed by atoms with Crippen LogP contribution in [0.5, 0.6) is 0 Å². The molecule has 1 aliphatic heterocycles. The molecule has 3 fully saturated rings. The van der Waals surface area contributed by atoms with E-state index in [0.29, 0.717) is 17.6 Å². The predicted octanol–water partition coefficient (Wildman–Crippen LogP) is 2.48. The second-order valence-corrected chi connectivity index (χ2v) is 8.12. The molecule has 5 rings (SSSR count). The number of hydrogen-bond acceptors (Lipinski definition) is 4. The number of hydrogen-bond donors (Lipinski definition) is 0. The molecular weight excluding hydrogens is 314 g/mol.